The van der Waals surface area contributed by atoms with E-state index in [9.17, 15) is 9.18 Å². The number of alkyl halides is 1. The van der Waals surface area contributed by atoms with E-state index in [-0.39, 0.29) is 37.4 Å². The lowest BCUT2D eigenvalue weighted by atomic mass is 9.87. The number of azide groups is 1. The second-order valence-electron chi connectivity index (χ2n) is 5.56. The van der Waals surface area contributed by atoms with Crippen LogP contribution in [-0.2, 0) is 0 Å². The van der Waals surface area contributed by atoms with E-state index in [1.54, 1.807) is 0 Å². The standard InChI is InChI=1S/C13H15FN4OS/c14-13(8-16-17-15)5-10-1-2-11(6-13)18(10)12(19)9-3-4-20-7-9/h3-4,7,10-11H,1-2,5-6,8H2/t10-,11+,13?. The second-order valence-corrected chi connectivity index (χ2v) is 6.34. The number of rotatable bonds is 3. The van der Waals surface area contributed by atoms with Crippen LogP contribution in [0.5, 0.6) is 0 Å². The van der Waals surface area contributed by atoms with Crippen molar-refractivity contribution in [2.24, 2.45) is 5.11 Å². The first kappa shape index (κ1) is 13.4. The molecule has 2 fully saturated rings. The molecule has 2 aliphatic rings. The summed E-state index contributed by atoms with van der Waals surface area (Å²) in [6, 6.07) is 1.67. The van der Waals surface area contributed by atoms with E-state index in [0.717, 1.165) is 12.8 Å². The van der Waals surface area contributed by atoms with Crippen LogP contribution in [0.1, 0.15) is 36.0 Å². The summed E-state index contributed by atoms with van der Waals surface area (Å²) in [6.45, 7) is -0.128. The van der Waals surface area contributed by atoms with Crippen LogP contribution < -0.4 is 0 Å². The third-order valence-electron chi connectivity index (χ3n) is 4.24. The van der Waals surface area contributed by atoms with Crippen molar-refractivity contribution in [1.82, 2.24) is 4.90 Å². The molecule has 20 heavy (non-hydrogen) atoms. The van der Waals surface area contributed by atoms with E-state index in [0.29, 0.717) is 5.56 Å². The summed E-state index contributed by atoms with van der Waals surface area (Å²) in [6.07, 6.45) is 2.22. The zero-order valence-electron chi connectivity index (χ0n) is 10.9. The number of hydrogen-bond acceptors (Lipinski definition) is 3. The minimum Gasteiger partial charge on any atom is -0.332 e. The summed E-state index contributed by atoms with van der Waals surface area (Å²) in [5, 5.41) is 7.10. The maximum Gasteiger partial charge on any atom is 0.255 e. The van der Waals surface area contributed by atoms with Gasteiger partial charge < -0.3 is 4.90 Å². The fourth-order valence-corrected chi connectivity index (χ4v) is 4.07. The molecule has 0 radical (unpaired) electrons. The Morgan fingerprint density at radius 1 is 1.55 bits per heavy atom. The molecule has 1 unspecified atom stereocenters. The number of piperidine rings is 1. The molecule has 0 spiro atoms. The van der Waals surface area contributed by atoms with E-state index in [4.69, 9.17) is 5.53 Å². The van der Waals surface area contributed by atoms with Gasteiger partial charge in [-0.1, -0.05) is 5.11 Å². The Hall–Kier alpha value is -1.59. The molecule has 3 rings (SSSR count). The molecule has 0 saturated carbocycles. The first-order chi connectivity index (χ1) is 9.63. The number of carbonyl (C=O) groups excluding carboxylic acids is 1. The maximum atomic E-state index is 14.7. The molecule has 1 amide bonds. The average Bonchev–Trinajstić information content (AvgIpc) is 3.04. The van der Waals surface area contributed by atoms with Crippen LogP contribution in [0.25, 0.3) is 10.4 Å². The van der Waals surface area contributed by atoms with Gasteiger partial charge >= 0.3 is 0 Å². The van der Waals surface area contributed by atoms with Crippen molar-refractivity contribution < 1.29 is 9.18 Å². The summed E-state index contributed by atoms with van der Waals surface area (Å²) in [5.74, 6) is 0.00424. The molecule has 0 N–H and O–H groups in total. The Balaban J connectivity index is 1.78. The summed E-state index contributed by atoms with van der Waals surface area (Å²) in [4.78, 5) is 17.0. The number of fused-ring (bicyclic) bond motifs is 2. The van der Waals surface area contributed by atoms with Crippen molar-refractivity contribution in [3.8, 4) is 0 Å². The minimum absolute atomic E-state index is 0.00424. The Labute approximate surface area is 120 Å². The fourth-order valence-electron chi connectivity index (χ4n) is 3.44. The van der Waals surface area contributed by atoms with Gasteiger partial charge in [0, 0.05) is 35.2 Å². The van der Waals surface area contributed by atoms with E-state index in [1.165, 1.54) is 11.3 Å². The largest absolute Gasteiger partial charge is 0.332 e. The lowest BCUT2D eigenvalue weighted by molar-refractivity contribution is 0.0169. The number of nitrogens with zero attached hydrogens (tertiary/aromatic N) is 4. The zero-order valence-corrected chi connectivity index (χ0v) is 11.7. The Morgan fingerprint density at radius 2 is 2.25 bits per heavy atom. The Kier molecular flexibility index (Phi) is 3.40. The molecule has 7 heteroatoms. The highest BCUT2D eigenvalue weighted by atomic mass is 32.1. The van der Waals surface area contributed by atoms with Gasteiger partial charge in [-0.15, -0.1) is 0 Å². The highest BCUT2D eigenvalue weighted by Gasteiger charge is 2.50. The third kappa shape index (κ3) is 2.27. The second kappa shape index (κ2) is 5.07. The number of halogens is 1. The topological polar surface area (TPSA) is 69.1 Å². The first-order valence-electron chi connectivity index (χ1n) is 6.68. The van der Waals surface area contributed by atoms with Crippen LogP contribution in [0.3, 0.4) is 0 Å². The van der Waals surface area contributed by atoms with Gasteiger partial charge in [0.1, 0.15) is 5.67 Å². The molecule has 2 aliphatic heterocycles. The number of carbonyl (C=O) groups is 1. The van der Waals surface area contributed by atoms with Gasteiger partial charge in [0.05, 0.1) is 12.1 Å². The van der Waals surface area contributed by atoms with Crippen LogP contribution in [0.2, 0.25) is 0 Å². The molecule has 1 aromatic rings. The molecule has 5 nitrogen and oxygen atoms in total. The van der Waals surface area contributed by atoms with Crippen LogP contribution in [0.15, 0.2) is 21.9 Å². The summed E-state index contributed by atoms with van der Waals surface area (Å²) in [5.41, 5.74) is 7.59. The van der Waals surface area contributed by atoms with Crippen molar-refractivity contribution in [3.63, 3.8) is 0 Å². The number of amides is 1. The molecule has 3 atom stereocenters. The molecule has 2 saturated heterocycles. The smallest absolute Gasteiger partial charge is 0.255 e. The predicted octanol–water partition coefficient (Wildman–Crippen LogP) is 3.53. The van der Waals surface area contributed by atoms with Gasteiger partial charge in [-0.25, -0.2) is 4.39 Å². The maximum absolute atomic E-state index is 14.7. The molecule has 106 valence electrons. The molecule has 0 aromatic carbocycles. The summed E-state index contributed by atoms with van der Waals surface area (Å²) >= 11 is 1.49. The summed E-state index contributed by atoms with van der Waals surface area (Å²) in [7, 11) is 0. The van der Waals surface area contributed by atoms with Gasteiger partial charge in [0.15, 0.2) is 0 Å². The highest BCUT2D eigenvalue weighted by molar-refractivity contribution is 7.08. The lowest BCUT2D eigenvalue weighted by Crippen LogP contribution is -2.52. The van der Waals surface area contributed by atoms with E-state index >= 15 is 0 Å². The van der Waals surface area contributed by atoms with E-state index < -0.39 is 5.67 Å². The lowest BCUT2D eigenvalue weighted by Gasteiger charge is -2.41. The van der Waals surface area contributed by atoms with Crippen LogP contribution >= 0.6 is 11.3 Å². The Bertz CT molecular complexity index is 541. The minimum atomic E-state index is -1.45. The molecule has 1 aromatic heterocycles. The highest BCUT2D eigenvalue weighted by Crippen LogP contribution is 2.43. The van der Waals surface area contributed by atoms with Gasteiger partial charge in [0.2, 0.25) is 0 Å². The van der Waals surface area contributed by atoms with Crippen LogP contribution in [0.4, 0.5) is 4.39 Å². The van der Waals surface area contributed by atoms with Gasteiger partial charge in [-0.2, -0.15) is 11.3 Å². The monoisotopic (exact) mass is 294 g/mol. The van der Waals surface area contributed by atoms with Gasteiger partial charge in [-0.3, -0.25) is 4.79 Å². The average molecular weight is 294 g/mol. The van der Waals surface area contributed by atoms with E-state index in [2.05, 4.69) is 10.0 Å². The predicted molar refractivity (Wildman–Crippen MR) is 74.4 cm³/mol. The van der Waals surface area contributed by atoms with E-state index in [1.807, 2.05) is 21.7 Å². The molecular formula is C13H15FN4OS. The number of thiophene rings is 1. The molecular weight excluding hydrogens is 279 g/mol. The van der Waals surface area contributed by atoms with Crippen molar-refractivity contribution in [3.05, 3.63) is 32.8 Å². The molecule has 3 heterocycles. The third-order valence-corrected chi connectivity index (χ3v) is 4.93. The molecule has 2 bridgehead atoms. The van der Waals surface area contributed by atoms with Crippen molar-refractivity contribution in [2.75, 3.05) is 6.54 Å². The quantitative estimate of drug-likeness (QED) is 0.477. The van der Waals surface area contributed by atoms with Crippen molar-refractivity contribution in [1.29, 1.82) is 0 Å². The van der Waals surface area contributed by atoms with Gasteiger partial charge in [0.25, 0.3) is 5.91 Å². The van der Waals surface area contributed by atoms with Crippen LogP contribution in [-0.4, -0.2) is 35.1 Å². The summed E-state index contributed by atoms with van der Waals surface area (Å²) < 4.78 is 14.7. The Morgan fingerprint density at radius 3 is 2.80 bits per heavy atom. The van der Waals surface area contributed by atoms with Crippen LogP contribution in [0, 0.1) is 0 Å². The zero-order chi connectivity index (χ0) is 14.2. The van der Waals surface area contributed by atoms with Gasteiger partial charge in [-0.05, 0) is 29.8 Å². The SMILES string of the molecule is [N-]=[N+]=NCC1(F)C[C@H]2CC[C@@H](C1)N2C(=O)c1ccsc1. The number of hydrogen-bond donors (Lipinski definition) is 0. The molecule has 0 aliphatic carbocycles. The van der Waals surface area contributed by atoms with Crippen molar-refractivity contribution in [2.45, 2.75) is 43.4 Å². The van der Waals surface area contributed by atoms with Crippen molar-refractivity contribution >= 4 is 17.2 Å². The normalized spacial score (nSPS) is 31.9. The fraction of sp³-hybridized carbons (Fsp3) is 0.615. The first-order valence-corrected chi connectivity index (χ1v) is 7.62.